The van der Waals surface area contributed by atoms with E-state index in [1.165, 1.54) is 5.57 Å². The second kappa shape index (κ2) is 7.44. The number of rotatable bonds is 3. The van der Waals surface area contributed by atoms with Crippen LogP contribution in [0.25, 0.3) is 0 Å². The van der Waals surface area contributed by atoms with Gasteiger partial charge in [0.05, 0.1) is 24.4 Å². The molecular formula is C24H44O4Si. The molecule has 4 unspecified atom stereocenters. The largest absolute Gasteiger partial charge is 0.413 e. The summed E-state index contributed by atoms with van der Waals surface area (Å²) in [5.74, 6) is 0.312. The van der Waals surface area contributed by atoms with E-state index in [1.54, 1.807) is 0 Å². The molecule has 0 amide bonds. The Kier molecular flexibility index (Phi) is 6.02. The summed E-state index contributed by atoms with van der Waals surface area (Å²) in [5, 5.41) is 32.7. The van der Waals surface area contributed by atoms with Crippen molar-refractivity contribution in [2.24, 2.45) is 22.7 Å². The van der Waals surface area contributed by atoms with Crippen LogP contribution in [0.4, 0.5) is 0 Å². The lowest BCUT2D eigenvalue weighted by molar-refractivity contribution is -0.168. The maximum atomic E-state index is 11.5. The number of aliphatic hydroxyl groups is 3. The van der Waals surface area contributed by atoms with E-state index < -0.39 is 26.6 Å². The Hall–Kier alpha value is -0.203. The predicted molar refractivity (Wildman–Crippen MR) is 120 cm³/mol. The number of aliphatic hydroxyl groups excluding tert-OH is 3. The predicted octanol–water partition coefficient (Wildman–Crippen LogP) is 4.64. The third kappa shape index (κ3) is 3.80. The lowest BCUT2D eigenvalue weighted by atomic mass is 9.53. The molecule has 0 aromatic carbocycles. The van der Waals surface area contributed by atoms with Crippen molar-refractivity contribution >= 4 is 8.32 Å². The normalized spacial score (nSPS) is 46.6. The molecule has 3 rings (SSSR count). The summed E-state index contributed by atoms with van der Waals surface area (Å²) in [4.78, 5) is 0. The van der Waals surface area contributed by atoms with Crippen molar-refractivity contribution in [3.05, 3.63) is 12.2 Å². The van der Waals surface area contributed by atoms with Crippen LogP contribution < -0.4 is 0 Å². The maximum Gasteiger partial charge on any atom is 0.192 e. The third-order valence-electron chi connectivity index (χ3n) is 9.56. The number of fused-ring (bicyclic) bond motifs is 1. The summed E-state index contributed by atoms with van der Waals surface area (Å²) in [6.07, 6.45) is 2.84. The van der Waals surface area contributed by atoms with Crippen molar-refractivity contribution in [3.63, 3.8) is 0 Å². The van der Waals surface area contributed by atoms with Gasteiger partial charge < -0.3 is 19.7 Å². The molecule has 0 bridgehead atoms. The van der Waals surface area contributed by atoms with Gasteiger partial charge in [-0.05, 0) is 67.5 Å². The van der Waals surface area contributed by atoms with Gasteiger partial charge in [-0.25, -0.2) is 0 Å². The standard InChI is InChI=1S/C24H44O4Si/c1-15-9-10-16-21(27)17(11-12-23(15,16)5)24(6)14-19(26)18(25)13-20(24)28-29(7,8)22(2,3)4/h16-21,25-27H,1,9-14H2,2-8H3/t16?,17?,18-,19+,20?,21?,23+,24+/m0/s1. The molecular weight excluding hydrogens is 380 g/mol. The van der Waals surface area contributed by atoms with Crippen LogP contribution in [-0.4, -0.2) is 48.1 Å². The summed E-state index contributed by atoms with van der Waals surface area (Å²) in [6, 6.07) is 0. The Balaban J connectivity index is 1.92. The summed E-state index contributed by atoms with van der Waals surface area (Å²) in [5.41, 5.74) is 0.978. The summed E-state index contributed by atoms with van der Waals surface area (Å²) in [7, 11) is -2.06. The van der Waals surface area contributed by atoms with E-state index >= 15 is 0 Å². The minimum absolute atomic E-state index is 0.0366. The van der Waals surface area contributed by atoms with Gasteiger partial charge in [-0.3, -0.25) is 0 Å². The van der Waals surface area contributed by atoms with E-state index in [4.69, 9.17) is 4.43 Å². The highest BCUT2D eigenvalue weighted by molar-refractivity contribution is 6.74. The van der Waals surface area contributed by atoms with Gasteiger partial charge in [0, 0.05) is 11.8 Å². The molecule has 0 heterocycles. The van der Waals surface area contributed by atoms with Crippen LogP contribution in [0.2, 0.25) is 18.1 Å². The van der Waals surface area contributed by atoms with E-state index in [9.17, 15) is 15.3 Å². The minimum atomic E-state index is -2.06. The smallest absolute Gasteiger partial charge is 0.192 e. The van der Waals surface area contributed by atoms with Gasteiger partial charge in [-0.15, -0.1) is 0 Å². The fourth-order valence-electron chi connectivity index (χ4n) is 6.20. The molecule has 29 heavy (non-hydrogen) atoms. The molecule has 0 saturated heterocycles. The van der Waals surface area contributed by atoms with Crippen molar-refractivity contribution < 1.29 is 19.7 Å². The van der Waals surface area contributed by atoms with Crippen LogP contribution in [-0.2, 0) is 4.43 Å². The van der Waals surface area contributed by atoms with Crippen molar-refractivity contribution in [1.82, 2.24) is 0 Å². The zero-order valence-electron chi connectivity index (χ0n) is 19.7. The van der Waals surface area contributed by atoms with Gasteiger partial charge >= 0.3 is 0 Å². The Bertz CT molecular complexity index is 641. The zero-order chi connectivity index (χ0) is 22.0. The molecule has 0 aromatic rings. The Morgan fingerprint density at radius 1 is 1.03 bits per heavy atom. The summed E-state index contributed by atoms with van der Waals surface area (Å²) in [6.45, 7) is 20.0. The highest BCUT2D eigenvalue weighted by Crippen LogP contribution is 2.61. The fraction of sp³-hybridized carbons (Fsp3) is 0.917. The molecule has 0 aliphatic heterocycles. The molecule has 3 saturated carbocycles. The van der Waals surface area contributed by atoms with Crippen LogP contribution in [0.5, 0.6) is 0 Å². The fourth-order valence-corrected chi connectivity index (χ4v) is 7.63. The second-order valence-corrected chi connectivity index (χ2v) is 17.0. The summed E-state index contributed by atoms with van der Waals surface area (Å²) >= 11 is 0. The first-order valence-corrected chi connectivity index (χ1v) is 14.4. The second-order valence-electron chi connectivity index (χ2n) is 12.2. The van der Waals surface area contributed by atoms with Gasteiger partial charge in [-0.2, -0.15) is 0 Å². The molecule has 0 spiro atoms. The van der Waals surface area contributed by atoms with Crippen molar-refractivity contribution in [3.8, 4) is 0 Å². The first kappa shape index (κ1) is 23.5. The van der Waals surface area contributed by atoms with Crippen LogP contribution in [0.15, 0.2) is 12.2 Å². The lowest BCUT2D eigenvalue weighted by Crippen LogP contribution is -2.60. The van der Waals surface area contributed by atoms with Gasteiger partial charge in [0.25, 0.3) is 0 Å². The first-order valence-electron chi connectivity index (χ1n) is 11.5. The highest BCUT2D eigenvalue weighted by Gasteiger charge is 2.59. The van der Waals surface area contributed by atoms with Crippen LogP contribution >= 0.6 is 0 Å². The average molecular weight is 425 g/mol. The topological polar surface area (TPSA) is 69.9 Å². The van der Waals surface area contributed by atoms with Crippen molar-refractivity contribution in [2.45, 2.75) is 116 Å². The molecule has 168 valence electrons. The molecule has 4 nitrogen and oxygen atoms in total. The highest BCUT2D eigenvalue weighted by atomic mass is 28.4. The maximum absolute atomic E-state index is 11.5. The van der Waals surface area contributed by atoms with Gasteiger partial charge in [0.15, 0.2) is 8.32 Å². The molecule has 3 N–H and O–H groups in total. The minimum Gasteiger partial charge on any atom is -0.413 e. The molecule has 0 aromatic heterocycles. The summed E-state index contributed by atoms with van der Waals surface area (Å²) < 4.78 is 6.88. The third-order valence-corrected chi connectivity index (χ3v) is 14.0. The monoisotopic (exact) mass is 424 g/mol. The van der Waals surface area contributed by atoms with E-state index in [0.717, 1.165) is 25.7 Å². The quantitative estimate of drug-likeness (QED) is 0.456. The van der Waals surface area contributed by atoms with Crippen molar-refractivity contribution in [1.29, 1.82) is 0 Å². The lowest BCUT2D eigenvalue weighted by Gasteiger charge is -2.57. The van der Waals surface area contributed by atoms with Gasteiger partial charge in [0.1, 0.15) is 0 Å². The van der Waals surface area contributed by atoms with E-state index in [0.29, 0.717) is 12.8 Å². The van der Waals surface area contributed by atoms with Crippen LogP contribution in [0, 0.1) is 22.7 Å². The Morgan fingerprint density at radius 2 is 1.66 bits per heavy atom. The van der Waals surface area contributed by atoms with E-state index in [2.05, 4.69) is 54.3 Å². The van der Waals surface area contributed by atoms with Crippen LogP contribution in [0.3, 0.4) is 0 Å². The SMILES string of the molecule is C=C1CCC2C(O)C([C@@]3(C)C[C@@H](O)[C@@H](O)CC3O[Si](C)(C)C(C)(C)C)CC[C@]12C. The van der Waals surface area contributed by atoms with Crippen LogP contribution in [0.1, 0.15) is 73.1 Å². The molecule has 8 atom stereocenters. The molecule has 3 aliphatic carbocycles. The number of hydrogen-bond donors (Lipinski definition) is 3. The van der Waals surface area contributed by atoms with Crippen molar-refractivity contribution in [2.75, 3.05) is 0 Å². The number of hydrogen-bond acceptors (Lipinski definition) is 4. The molecule has 5 heteroatoms. The molecule has 0 radical (unpaired) electrons. The van der Waals surface area contributed by atoms with E-state index in [-0.39, 0.29) is 33.8 Å². The van der Waals surface area contributed by atoms with Gasteiger partial charge in [-0.1, -0.05) is 46.8 Å². The average Bonchev–Trinajstić information content (AvgIpc) is 2.88. The van der Waals surface area contributed by atoms with E-state index in [1.807, 2.05) is 0 Å². The van der Waals surface area contributed by atoms with Gasteiger partial charge in [0.2, 0.25) is 0 Å². The zero-order valence-corrected chi connectivity index (χ0v) is 20.7. The molecule has 3 fully saturated rings. The first-order chi connectivity index (χ1) is 13.1. The molecule has 3 aliphatic rings. The Labute approximate surface area is 178 Å². The number of allylic oxidation sites excluding steroid dienone is 1. The Morgan fingerprint density at radius 3 is 2.24 bits per heavy atom.